The third kappa shape index (κ3) is 6.15. The van der Waals surface area contributed by atoms with E-state index in [4.69, 9.17) is 4.74 Å². The second-order valence-electron chi connectivity index (χ2n) is 8.46. The van der Waals surface area contributed by atoms with Crippen LogP contribution >= 0.6 is 0 Å². The quantitative estimate of drug-likeness (QED) is 0.604. The lowest BCUT2D eigenvalue weighted by atomic mass is 9.94. The Morgan fingerprint density at radius 2 is 1.62 bits per heavy atom. The van der Waals surface area contributed by atoms with Crippen molar-refractivity contribution in [2.24, 2.45) is 11.8 Å². The first-order valence-electron chi connectivity index (χ1n) is 10.6. The zero-order chi connectivity index (χ0) is 25.1. The second-order valence-corrected chi connectivity index (χ2v) is 10.4. The summed E-state index contributed by atoms with van der Waals surface area (Å²) in [5.74, 6) is -1.38. The summed E-state index contributed by atoms with van der Waals surface area (Å²) in [6.45, 7) is 4.02. The van der Waals surface area contributed by atoms with Gasteiger partial charge in [0.25, 0.3) is 5.91 Å². The summed E-state index contributed by atoms with van der Waals surface area (Å²) in [5, 5.41) is 2.08. The van der Waals surface area contributed by atoms with Gasteiger partial charge in [-0.25, -0.2) is 13.2 Å². The smallest absolute Gasteiger partial charge is 0.418 e. The first-order chi connectivity index (χ1) is 15.9. The molecule has 1 aliphatic rings. The van der Waals surface area contributed by atoms with Crippen LogP contribution in [0.15, 0.2) is 53.4 Å². The lowest BCUT2D eigenvalue weighted by Gasteiger charge is -2.34. The minimum absolute atomic E-state index is 0.00261. The minimum Gasteiger partial charge on any atom is -0.452 e. The molecule has 34 heavy (non-hydrogen) atoms. The molecule has 2 aromatic rings. The Labute approximate surface area is 196 Å². The van der Waals surface area contributed by atoms with Gasteiger partial charge in [-0.15, -0.1) is 0 Å². The molecule has 2 atom stereocenters. The number of piperidine rings is 1. The fraction of sp³-hybridized carbons (Fsp3) is 0.391. The van der Waals surface area contributed by atoms with Crippen molar-refractivity contribution in [2.75, 3.05) is 25.0 Å². The lowest BCUT2D eigenvalue weighted by molar-refractivity contribution is -0.137. The van der Waals surface area contributed by atoms with Crippen LogP contribution in [0.5, 0.6) is 0 Å². The Morgan fingerprint density at radius 1 is 1.03 bits per heavy atom. The predicted molar refractivity (Wildman–Crippen MR) is 119 cm³/mol. The number of anilines is 1. The van der Waals surface area contributed by atoms with Crippen LogP contribution in [0, 0.1) is 11.8 Å². The van der Waals surface area contributed by atoms with E-state index in [1.165, 1.54) is 40.7 Å². The third-order valence-electron chi connectivity index (χ3n) is 5.40. The Morgan fingerprint density at radius 3 is 2.21 bits per heavy atom. The van der Waals surface area contributed by atoms with Crippen LogP contribution in [0.1, 0.15) is 36.2 Å². The van der Waals surface area contributed by atoms with E-state index in [0.29, 0.717) is 13.1 Å². The highest BCUT2D eigenvalue weighted by Crippen LogP contribution is 2.34. The molecule has 7 nitrogen and oxygen atoms in total. The van der Waals surface area contributed by atoms with Gasteiger partial charge >= 0.3 is 12.1 Å². The van der Waals surface area contributed by atoms with Crippen LogP contribution in [0.2, 0.25) is 0 Å². The summed E-state index contributed by atoms with van der Waals surface area (Å²) in [4.78, 5) is 24.3. The Kier molecular flexibility index (Phi) is 7.67. The predicted octanol–water partition coefficient (Wildman–Crippen LogP) is 4.17. The van der Waals surface area contributed by atoms with Gasteiger partial charge in [0.05, 0.1) is 21.7 Å². The fourth-order valence-electron chi connectivity index (χ4n) is 3.95. The number of sulfonamides is 1. The molecule has 1 amide bonds. The Hall–Kier alpha value is -2.92. The molecule has 11 heteroatoms. The number of nitrogens with zero attached hydrogens (tertiary/aromatic N) is 1. The molecule has 0 saturated carbocycles. The molecule has 1 N–H and O–H groups in total. The number of para-hydroxylation sites is 1. The summed E-state index contributed by atoms with van der Waals surface area (Å²) in [6, 6.07) is 9.54. The number of ether oxygens (including phenoxy) is 1. The average Bonchev–Trinajstić information content (AvgIpc) is 2.76. The van der Waals surface area contributed by atoms with Crippen LogP contribution < -0.4 is 5.32 Å². The Bertz CT molecular complexity index is 1140. The fourth-order valence-corrected chi connectivity index (χ4v) is 5.63. The summed E-state index contributed by atoms with van der Waals surface area (Å²) in [7, 11) is -3.72. The van der Waals surface area contributed by atoms with Crippen molar-refractivity contribution in [3.63, 3.8) is 0 Å². The van der Waals surface area contributed by atoms with Crippen LogP contribution in [-0.4, -0.2) is 44.3 Å². The van der Waals surface area contributed by atoms with Crippen LogP contribution in [0.25, 0.3) is 0 Å². The van der Waals surface area contributed by atoms with Gasteiger partial charge in [-0.2, -0.15) is 17.5 Å². The second kappa shape index (κ2) is 10.1. The molecule has 0 radical (unpaired) electrons. The van der Waals surface area contributed by atoms with E-state index in [1.807, 2.05) is 13.8 Å². The van der Waals surface area contributed by atoms with E-state index in [9.17, 15) is 31.2 Å². The summed E-state index contributed by atoms with van der Waals surface area (Å²) < 4.78 is 71.2. The normalized spacial score (nSPS) is 19.4. The van der Waals surface area contributed by atoms with Gasteiger partial charge in [0, 0.05) is 13.1 Å². The summed E-state index contributed by atoms with van der Waals surface area (Å²) in [5.41, 5.74) is -1.47. The van der Waals surface area contributed by atoms with E-state index < -0.39 is 45.9 Å². The van der Waals surface area contributed by atoms with Crippen LogP contribution in [0.4, 0.5) is 18.9 Å². The number of carbonyl (C=O) groups excluding carboxylic acids is 2. The summed E-state index contributed by atoms with van der Waals surface area (Å²) >= 11 is 0. The SMILES string of the molecule is C[C@H]1C[C@H](C)CN(S(=O)(=O)c2ccc(C(=O)OCC(=O)Nc3ccccc3C(F)(F)F)cc2)C1. The average molecular weight is 499 g/mol. The van der Waals surface area contributed by atoms with Crippen molar-refractivity contribution >= 4 is 27.6 Å². The lowest BCUT2D eigenvalue weighted by Crippen LogP contribution is -2.42. The standard InChI is InChI=1S/C23H25F3N2O5S/c1-15-11-16(2)13-28(12-15)34(31,32)18-9-7-17(8-10-18)22(30)33-14-21(29)27-20-6-4-3-5-19(20)23(24,25)26/h3-10,15-16H,11-14H2,1-2H3,(H,27,29)/t15-,16-/m0/s1. The topological polar surface area (TPSA) is 92.8 Å². The number of rotatable bonds is 6. The minimum atomic E-state index is -4.66. The zero-order valence-electron chi connectivity index (χ0n) is 18.6. The van der Waals surface area contributed by atoms with Gasteiger partial charge in [-0.1, -0.05) is 26.0 Å². The monoisotopic (exact) mass is 498 g/mol. The zero-order valence-corrected chi connectivity index (χ0v) is 19.4. The molecule has 1 fully saturated rings. The molecule has 0 aliphatic carbocycles. The molecule has 0 spiro atoms. The van der Waals surface area contributed by atoms with Gasteiger partial charge in [0.1, 0.15) is 0 Å². The molecule has 0 bridgehead atoms. The largest absolute Gasteiger partial charge is 0.452 e. The molecule has 1 saturated heterocycles. The van der Waals surface area contributed by atoms with Crippen molar-refractivity contribution in [3.05, 3.63) is 59.7 Å². The first kappa shape index (κ1) is 25.7. The summed E-state index contributed by atoms with van der Waals surface area (Å²) in [6.07, 6.45) is -3.71. The van der Waals surface area contributed by atoms with Crippen molar-refractivity contribution in [1.82, 2.24) is 4.31 Å². The molecule has 1 heterocycles. The molecule has 184 valence electrons. The molecular weight excluding hydrogens is 473 g/mol. The number of amides is 1. The van der Waals surface area contributed by atoms with Crippen LogP contribution in [-0.2, 0) is 25.7 Å². The number of alkyl halides is 3. The molecule has 3 rings (SSSR count). The third-order valence-corrected chi connectivity index (χ3v) is 7.25. The highest BCUT2D eigenvalue weighted by molar-refractivity contribution is 7.89. The molecule has 2 aromatic carbocycles. The highest BCUT2D eigenvalue weighted by atomic mass is 32.2. The van der Waals surface area contributed by atoms with Gasteiger partial charge in [-0.3, -0.25) is 4.79 Å². The maximum Gasteiger partial charge on any atom is 0.418 e. The molecule has 0 aromatic heterocycles. The maximum atomic E-state index is 13.0. The van der Waals surface area contributed by atoms with E-state index in [1.54, 1.807) is 0 Å². The number of hydrogen-bond acceptors (Lipinski definition) is 5. The van der Waals surface area contributed by atoms with E-state index >= 15 is 0 Å². The van der Waals surface area contributed by atoms with Gasteiger partial charge in [-0.05, 0) is 54.7 Å². The molecule has 0 unspecified atom stereocenters. The Balaban J connectivity index is 1.61. The van der Waals surface area contributed by atoms with Gasteiger partial charge in [0.2, 0.25) is 10.0 Å². The van der Waals surface area contributed by atoms with Crippen LogP contribution in [0.3, 0.4) is 0 Å². The number of nitrogens with one attached hydrogen (secondary N) is 1. The maximum absolute atomic E-state index is 13.0. The number of hydrogen-bond donors (Lipinski definition) is 1. The van der Waals surface area contributed by atoms with E-state index in [0.717, 1.165) is 18.6 Å². The number of carbonyl (C=O) groups is 2. The molecule has 1 aliphatic heterocycles. The number of halogens is 3. The van der Waals surface area contributed by atoms with E-state index in [-0.39, 0.29) is 22.3 Å². The number of benzene rings is 2. The molecular formula is C23H25F3N2O5S. The van der Waals surface area contributed by atoms with Gasteiger partial charge in [0.15, 0.2) is 6.61 Å². The van der Waals surface area contributed by atoms with Crippen molar-refractivity contribution in [3.8, 4) is 0 Å². The van der Waals surface area contributed by atoms with Crippen molar-refractivity contribution in [2.45, 2.75) is 31.3 Å². The van der Waals surface area contributed by atoms with Crippen molar-refractivity contribution in [1.29, 1.82) is 0 Å². The number of esters is 1. The van der Waals surface area contributed by atoms with Gasteiger partial charge < -0.3 is 10.1 Å². The first-order valence-corrected chi connectivity index (χ1v) is 12.1. The highest BCUT2D eigenvalue weighted by Gasteiger charge is 2.34. The van der Waals surface area contributed by atoms with E-state index in [2.05, 4.69) is 5.32 Å². The van der Waals surface area contributed by atoms with Crippen molar-refractivity contribution < 1.29 is 35.9 Å².